The summed E-state index contributed by atoms with van der Waals surface area (Å²) in [5.74, 6) is -0.382. The fourth-order valence-corrected chi connectivity index (χ4v) is 4.98. The van der Waals surface area contributed by atoms with E-state index in [1.54, 1.807) is 12.3 Å². The Kier molecular flexibility index (Phi) is 6.09. The van der Waals surface area contributed by atoms with Crippen LogP contribution >= 0.6 is 12.2 Å². The lowest BCUT2D eigenvalue weighted by Gasteiger charge is -2.29. The van der Waals surface area contributed by atoms with E-state index >= 15 is 0 Å². The number of anilines is 1. The molecular weight excluding hydrogens is 456 g/mol. The molecular formula is C28H26N4O2S. The molecule has 7 heteroatoms. The van der Waals surface area contributed by atoms with Gasteiger partial charge in [0.25, 0.3) is 0 Å². The maximum atomic E-state index is 12.6. The van der Waals surface area contributed by atoms with Crippen LogP contribution in [0.5, 0.6) is 0 Å². The number of para-hydroxylation sites is 1. The van der Waals surface area contributed by atoms with Crippen molar-refractivity contribution < 1.29 is 9.53 Å². The zero-order valence-corrected chi connectivity index (χ0v) is 20.6. The molecule has 0 aliphatic carbocycles. The molecule has 1 N–H and O–H groups in total. The van der Waals surface area contributed by atoms with Crippen LogP contribution in [0.15, 0.2) is 85.2 Å². The molecule has 5 rings (SSSR count). The maximum absolute atomic E-state index is 12.6. The van der Waals surface area contributed by atoms with Crippen LogP contribution in [0, 0.1) is 13.8 Å². The first-order chi connectivity index (χ1) is 17.0. The average Bonchev–Trinajstić information content (AvgIpc) is 3.50. The Hall–Kier alpha value is -3.97. The van der Waals surface area contributed by atoms with Crippen LogP contribution in [-0.4, -0.2) is 27.7 Å². The average molecular weight is 483 g/mol. The van der Waals surface area contributed by atoms with Gasteiger partial charge >= 0.3 is 5.97 Å². The first kappa shape index (κ1) is 22.8. The number of benzene rings is 2. The highest BCUT2D eigenvalue weighted by Crippen LogP contribution is 2.42. The van der Waals surface area contributed by atoms with E-state index in [0.717, 1.165) is 22.8 Å². The summed E-state index contributed by atoms with van der Waals surface area (Å²) in [5, 5.41) is 4.14. The number of hydrogen-bond donors (Lipinski definition) is 1. The molecule has 0 saturated carbocycles. The molecule has 0 amide bonds. The summed E-state index contributed by atoms with van der Waals surface area (Å²) in [5.41, 5.74) is 6.52. The molecule has 1 fully saturated rings. The van der Waals surface area contributed by atoms with Crippen LogP contribution < -0.4 is 10.2 Å². The van der Waals surface area contributed by atoms with E-state index in [9.17, 15) is 4.79 Å². The molecule has 0 spiro atoms. The Bertz CT molecular complexity index is 1400. The molecule has 0 radical (unpaired) electrons. The Morgan fingerprint density at radius 3 is 2.54 bits per heavy atom. The van der Waals surface area contributed by atoms with Gasteiger partial charge < -0.3 is 19.5 Å². The highest BCUT2D eigenvalue weighted by molar-refractivity contribution is 7.80. The number of hydrogen-bond acceptors (Lipinski definition) is 4. The number of aromatic nitrogens is 2. The van der Waals surface area contributed by atoms with Gasteiger partial charge in [0, 0.05) is 23.8 Å². The Morgan fingerprint density at radius 1 is 1.00 bits per heavy atom. The van der Waals surface area contributed by atoms with E-state index in [0.29, 0.717) is 10.7 Å². The molecule has 1 aliphatic heterocycles. The van der Waals surface area contributed by atoms with Crippen LogP contribution in [0.3, 0.4) is 0 Å². The molecule has 0 unspecified atom stereocenters. The fourth-order valence-electron chi connectivity index (χ4n) is 4.63. The van der Waals surface area contributed by atoms with Crippen LogP contribution in [0.2, 0.25) is 0 Å². The van der Waals surface area contributed by atoms with Crippen molar-refractivity contribution in [2.75, 3.05) is 12.0 Å². The SMILES string of the molecule is COC(=O)c1ccccc1-n1cccc1[C@@H]1[C@H](c2ccccn2)NC(=S)N1c1ccc(C)c(C)c1. The van der Waals surface area contributed by atoms with Crippen molar-refractivity contribution in [2.24, 2.45) is 0 Å². The van der Waals surface area contributed by atoms with Crippen molar-refractivity contribution in [2.45, 2.75) is 25.9 Å². The summed E-state index contributed by atoms with van der Waals surface area (Å²) < 4.78 is 7.10. The maximum Gasteiger partial charge on any atom is 0.339 e. The number of nitrogens with zero attached hydrogens (tertiary/aromatic N) is 3. The first-order valence-corrected chi connectivity index (χ1v) is 11.8. The van der Waals surface area contributed by atoms with Crippen LogP contribution in [0.1, 0.15) is 45.0 Å². The van der Waals surface area contributed by atoms with Gasteiger partial charge in [0.05, 0.1) is 30.1 Å². The summed E-state index contributed by atoms with van der Waals surface area (Å²) >= 11 is 5.88. The summed E-state index contributed by atoms with van der Waals surface area (Å²) in [6.45, 7) is 4.20. The van der Waals surface area contributed by atoms with Crippen molar-refractivity contribution in [1.82, 2.24) is 14.9 Å². The third-order valence-electron chi connectivity index (χ3n) is 6.52. The van der Waals surface area contributed by atoms with Crippen LogP contribution in [0.25, 0.3) is 5.69 Å². The summed E-state index contributed by atoms with van der Waals surface area (Å²) in [4.78, 5) is 19.4. The van der Waals surface area contributed by atoms with Crippen molar-refractivity contribution >= 4 is 29.0 Å². The predicted octanol–water partition coefficient (Wildman–Crippen LogP) is 5.45. The van der Waals surface area contributed by atoms with E-state index in [1.807, 2.05) is 53.2 Å². The van der Waals surface area contributed by atoms with Crippen molar-refractivity contribution in [3.8, 4) is 5.69 Å². The molecule has 3 heterocycles. The number of nitrogens with one attached hydrogen (secondary N) is 1. The van der Waals surface area contributed by atoms with Gasteiger partial charge in [-0.15, -0.1) is 0 Å². The summed E-state index contributed by atoms with van der Waals surface area (Å²) in [6.07, 6.45) is 3.76. The lowest BCUT2D eigenvalue weighted by atomic mass is 9.99. The second-order valence-corrected chi connectivity index (χ2v) is 8.96. The highest BCUT2D eigenvalue weighted by Gasteiger charge is 2.42. The number of ether oxygens (including phenoxy) is 1. The quantitative estimate of drug-likeness (QED) is 0.301. The fraction of sp³-hybridized carbons (Fsp3) is 0.179. The number of pyridine rings is 1. The Labute approximate surface area is 210 Å². The second kappa shape index (κ2) is 9.35. The van der Waals surface area contributed by atoms with Gasteiger partial charge in [0.15, 0.2) is 5.11 Å². The lowest BCUT2D eigenvalue weighted by molar-refractivity contribution is 0.0600. The minimum atomic E-state index is -0.382. The van der Waals surface area contributed by atoms with Crippen LogP contribution in [-0.2, 0) is 4.74 Å². The molecule has 6 nitrogen and oxygen atoms in total. The van der Waals surface area contributed by atoms with Crippen molar-refractivity contribution in [3.05, 3.63) is 113 Å². The molecule has 176 valence electrons. The Morgan fingerprint density at radius 2 is 1.80 bits per heavy atom. The topological polar surface area (TPSA) is 59.4 Å². The van der Waals surface area contributed by atoms with E-state index in [-0.39, 0.29) is 18.1 Å². The van der Waals surface area contributed by atoms with Crippen LogP contribution in [0.4, 0.5) is 5.69 Å². The highest BCUT2D eigenvalue weighted by atomic mass is 32.1. The summed E-state index contributed by atoms with van der Waals surface area (Å²) in [6, 6.07) is 23.4. The van der Waals surface area contributed by atoms with Crippen molar-refractivity contribution in [3.63, 3.8) is 0 Å². The number of carbonyl (C=O) groups is 1. The predicted molar refractivity (Wildman–Crippen MR) is 141 cm³/mol. The largest absolute Gasteiger partial charge is 0.465 e. The second-order valence-electron chi connectivity index (χ2n) is 8.58. The smallest absolute Gasteiger partial charge is 0.339 e. The van der Waals surface area contributed by atoms with Gasteiger partial charge in [-0.2, -0.15) is 0 Å². The van der Waals surface area contributed by atoms with Gasteiger partial charge in [-0.1, -0.05) is 24.3 Å². The van der Waals surface area contributed by atoms with E-state index in [2.05, 4.69) is 53.3 Å². The minimum Gasteiger partial charge on any atom is -0.465 e. The number of rotatable bonds is 5. The molecule has 4 aromatic rings. The zero-order chi connectivity index (χ0) is 24.5. The lowest BCUT2D eigenvalue weighted by Crippen LogP contribution is -2.30. The standard InChI is InChI=1S/C28H26N4O2S/c1-18-13-14-20(17-19(18)2)32-26(25(30-28(32)35)22-10-6-7-15-29-22)24-12-8-16-31(24)23-11-5-4-9-21(23)27(33)34-3/h4-17,25-26H,1-3H3,(H,30,35)/t25-,26+/m0/s1. The van der Waals surface area contributed by atoms with E-state index < -0.39 is 0 Å². The van der Waals surface area contributed by atoms with Gasteiger partial charge in [-0.05, 0) is 85.7 Å². The van der Waals surface area contributed by atoms with Gasteiger partial charge in [-0.25, -0.2) is 4.79 Å². The molecule has 2 aromatic carbocycles. The van der Waals surface area contributed by atoms with Gasteiger partial charge in [0.1, 0.15) is 6.04 Å². The third kappa shape index (κ3) is 4.08. The molecule has 2 aromatic heterocycles. The molecule has 1 saturated heterocycles. The molecule has 0 bridgehead atoms. The monoisotopic (exact) mass is 482 g/mol. The zero-order valence-electron chi connectivity index (χ0n) is 19.8. The van der Waals surface area contributed by atoms with Crippen molar-refractivity contribution in [1.29, 1.82) is 0 Å². The number of carbonyl (C=O) groups excluding carboxylic acids is 1. The molecule has 1 aliphatic rings. The molecule has 35 heavy (non-hydrogen) atoms. The third-order valence-corrected chi connectivity index (χ3v) is 6.83. The minimum absolute atomic E-state index is 0.191. The summed E-state index contributed by atoms with van der Waals surface area (Å²) in [7, 11) is 1.40. The van der Waals surface area contributed by atoms with E-state index in [4.69, 9.17) is 17.0 Å². The van der Waals surface area contributed by atoms with Gasteiger partial charge in [0.2, 0.25) is 0 Å². The number of thiocarbonyl (C=S) groups is 1. The van der Waals surface area contributed by atoms with Gasteiger partial charge in [-0.3, -0.25) is 4.98 Å². The molecule has 2 atom stereocenters. The normalized spacial score (nSPS) is 17.3. The Balaban J connectivity index is 1.70. The number of methoxy groups -OCH3 is 1. The van der Waals surface area contributed by atoms with E-state index in [1.165, 1.54) is 18.2 Å². The number of esters is 1. The number of aryl methyl sites for hydroxylation is 2. The first-order valence-electron chi connectivity index (χ1n) is 11.4.